The van der Waals surface area contributed by atoms with Crippen LogP contribution in [-0.2, 0) is 0 Å². The van der Waals surface area contributed by atoms with Crippen molar-refractivity contribution in [1.82, 2.24) is 4.98 Å². The SMILES string of the molecule is O=[N+]([O-])c1cccnc1SOc1ccc(Cl)cc1. The van der Waals surface area contributed by atoms with Gasteiger partial charge in [-0.1, -0.05) is 11.6 Å². The van der Waals surface area contributed by atoms with Crippen molar-refractivity contribution in [3.63, 3.8) is 0 Å². The van der Waals surface area contributed by atoms with Crippen LogP contribution in [0.25, 0.3) is 0 Å². The molecule has 2 rings (SSSR count). The minimum atomic E-state index is -0.499. The van der Waals surface area contributed by atoms with E-state index >= 15 is 0 Å². The smallest absolute Gasteiger partial charge is 0.304 e. The van der Waals surface area contributed by atoms with Crippen LogP contribution in [0.4, 0.5) is 5.69 Å². The lowest BCUT2D eigenvalue weighted by molar-refractivity contribution is -0.388. The molecule has 0 saturated carbocycles. The molecule has 0 aliphatic rings. The lowest BCUT2D eigenvalue weighted by Gasteiger charge is -2.03. The van der Waals surface area contributed by atoms with Crippen LogP contribution in [0, 0.1) is 10.1 Å². The summed E-state index contributed by atoms with van der Waals surface area (Å²) in [7, 11) is 0. The molecule has 0 radical (unpaired) electrons. The second-order valence-corrected chi connectivity index (χ2v) is 4.36. The van der Waals surface area contributed by atoms with E-state index in [0.29, 0.717) is 10.8 Å². The second-order valence-electron chi connectivity index (χ2n) is 3.21. The van der Waals surface area contributed by atoms with Gasteiger partial charge in [0.1, 0.15) is 17.8 Å². The number of benzene rings is 1. The molecule has 0 spiro atoms. The molecule has 0 aliphatic heterocycles. The summed E-state index contributed by atoms with van der Waals surface area (Å²) in [5.74, 6) is 0.546. The molecule has 1 aromatic heterocycles. The van der Waals surface area contributed by atoms with Crippen LogP contribution in [0.2, 0.25) is 5.02 Å². The van der Waals surface area contributed by atoms with Gasteiger partial charge in [0, 0.05) is 17.3 Å². The maximum absolute atomic E-state index is 10.8. The third-order valence-corrected chi connectivity index (χ3v) is 2.98. The van der Waals surface area contributed by atoms with Gasteiger partial charge in [-0.05, 0) is 30.3 Å². The van der Waals surface area contributed by atoms with Gasteiger partial charge in [0.2, 0.25) is 5.03 Å². The molecule has 0 N–H and O–H groups in total. The van der Waals surface area contributed by atoms with E-state index in [1.54, 1.807) is 24.3 Å². The van der Waals surface area contributed by atoms with Gasteiger partial charge in [-0.3, -0.25) is 10.1 Å². The quantitative estimate of drug-likeness (QED) is 0.486. The van der Waals surface area contributed by atoms with Crippen molar-refractivity contribution >= 4 is 29.3 Å². The largest absolute Gasteiger partial charge is 0.419 e. The number of nitro groups is 1. The first kappa shape index (κ1) is 12.7. The molecule has 0 bridgehead atoms. The highest BCUT2D eigenvalue weighted by Gasteiger charge is 2.15. The number of halogens is 1. The molecule has 0 atom stereocenters. The van der Waals surface area contributed by atoms with Crippen molar-refractivity contribution in [2.24, 2.45) is 0 Å². The van der Waals surface area contributed by atoms with Gasteiger partial charge in [0.05, 0.1) is 4.92 Å². The molecule has 0 aliphatic carbocycles. The van der Waals surface area contributed by atoms with E-state index in [9.17, 15) is 10.1 Å². The van der Waals surface area contributed by atoms with Crippen LogP contribution in [0.3, 0.4) is 0 Å². The number of hydrogen-bond donors (Lipinski definition) is 0. The Morgan fingerprint density at radius 2 is 2.00 bits per heavy atom. The van der Waals surface area contributed by atoms with Crippen LogP contribution in [0.5, 0.6) is 5.75 Å². The minimum absolute atomic E-state index is 0.0866. The molecule has 92 valence electrons. The molecule has 1 heterocycles. The number of pyridine rings is 1. The predicted molar refractivity (Wildman–Crippen MR) is 68.8 cm³/mol. The van der Waals surface area contributed by atoms with Gasteiger partial charge in [-0.25, -0.2) is 4.98 Å². The third-order valence-electron chi connectivity index (χ3n) is 1.98. The monoisotopic (exact) mass is 282 g/mol. The zero-order valence-corrected chi connectivity index (χ0v) is 10.5. The number of nitrogens with zero attached hydrogens (tertiary/aromatic N) is 2. The summed E-state index contributed by atoms with van der Waals surface area (Å²) in [6.45, 7) is 0. The molecular weight excluding hydrogens is 276 g/mol. The van der Waals surface area contributed by atoms with Gasteiger partial charge in [-0.2, -0.15) is 0 Å². The van der Waals surface area contributed by atoms with E-state index in [-0.39, 0.29) is 10.7 Å². The molecule has 1 aromatic carbocycles. The zero-order chi connectivity index (χ0) is 13.0. The zero-order valence-electron chi connectivity index (χ0n) is 8.95. The molecule has 2 aromatic rings. The Kier molecular flexibility index (Phi) is 4.01. The lowest BCUT2D eigenvalue weighted by atomic mass is 10.3. The maximum Gasteiger partial charge on any atom is 0.304 e. The average molecular weight is 283 g/mol. The Hall–Kier alpha value is -1.79. The normalized spacial score (nSPS) is 10.1. The van der Waals surface area contributed by atoms with E-state index in [0.717, 1.165) is 12.0 Å². The van der Waals surface area contributed by atoms with Crippen LogP contribution in [-0.4, -0.2) is 9.91 Å². The first-order valence-corrected chi connectivity index (χ1v) is 5.98. The summed E-state index contributed by atoms with van der Waals surface area (Å²) >= 11 is 6.57. The molecule has 0 amide bonds. The van der Waals surface area contributed by atoms with Crippen molar-refractivity contribution in [3.8, 4) is 5.75 Å². The summed E-state index contributed by atoms with van der Waals surface area (Å²) in [4.78, 5) is 14.2. The van der Waals surface area contributed by atoms with Crippen molar-refractivity contribution in [2.45, 2.75) is 5.03 Å². The van der Waals surface area contributed by atoms with Crippen LogP contribution in [0.1, 0.15) is 0 Å². The highest BCUT2D eigenvalue weighted by Crippen LogP contribution is 2.29. The fraction of sp³-hybridized carbons (Fsp3) is 0. The maximum atomic E-state index is 10.8. The molecule has 0 fully saturated rings. The van der Waals surface area contributed by atoms with Crippen molar-refractivity contribution in [3.05, 3.63) is 57.7 Å². The Morgan fingerprint density at radius 3 is 2.67 bits per heavy atom. The molecule has 5 nitrogen and oxygen atoms in total. The van der Waals surface area contributed by atoms with Gasteiger partial charge >= 0.3 is 5.69 Å². The standard InChI is InChI=1S/C11H7ClN2O3S/c12-8-3-5-9(6-4-8)17-18-11-10(14(15)16)2-1-7-13-11/h1-7H. The van der Waals surface area contributed by atoms with Gasteiger partial charge in [-0.15, -0.1) is 0 Å². The Morgan fingerprint density at radius 1 is 1.28 bits per heavy atom. The average Bonchev–Trinajstić information content (AvgIpc) is 2.38. The van der Waals surface area contributed by atoms with E-state index in [4.69, 9.17) is 15.8 Å². The summed E-state index contributed by atoms with van der Waals surface area (Å²) in [5, 5.41) is 11.6. The Bertz CT molecular complexity index is 562. The van der Waals surface area contributed by atoms with Crippen LogP contribution >= 0.6 is 23.6 Å². The van der Waals surface area contributed by atoms with Gasteiger partial charge < -0.3 is 4.18 Å². The summed E-state index contributed by atoms with van der Waals surface area (Å²) in [6.07, 6.45) is 1.47. The van der Waals surface area contributed by atoms with Gasteiger partial charge in [0.15, 0.2) is 0 Å². The Labute approximate surface area is 112 Å². The van der Waals surface area contributed by atoms with E-state index in [2.05, 4.69) is 4.98 Å². The first-order valence-electron chi connectivity index (χ1n) is 4.86. The number of aromatic nitrogens is 1. The van der Waals surface area contributed by atoms with E-state index in [1.807, 2.05) is 0 Å². The first-order chi connectivity index (χ1) is 8.66. The minimum Gasteiger partial charge on any atom is -0.419 e. The van der Waals surface area contributed by atoms with Crippen molar-refractivity contribution in [2.75, 3.05) is 0 Å². The third kappa shape index (κ3) is 3.12. The van der Waals surface area contributed by atoms with Gasteiger partial charge in [0.25, 0.3) is 0 Å². The Balaban J connectivity index is 2.10. The van der Waals surface area contributed by atoms with Crippen molar-refractivity contribution in [1.29, 1.82) is 0 Å². The molecule has 7 heteroatoms. The molecule has 0 unspecified atom stereocenters. The summed E-state index contributed by atoms with van der Waals surface area (Å²) in [5.41, 5.74) is -0.0866. The second kappa shape index (κ2) is 5.70. The number of rotatable bonds is 4. The van der Waals surface area contributed by atoms with Crippen LogP contribution in [0.15, 0.2) is 47.6 Å². The highest BCUT2D eigenvalue weighted by molar-refractivity contribution is 7.95. The van der Waals surface area contributed by atoms with Crippen molar-refractivity contribution < 1.29 is 9.11 Å². The molecular formula is C11H7ClN2O3S. The lowest BCUT2D eigenvalue weighted by Crippen LogP contribution is -1.94. The van der Waals surface area contributed by atoms with E-state index < -0.39 is 4.92 Å². The summed E-state index contributed by atoms with van der Waals surface area (Å²) in [6, 6.07) is 9.56. The predicted octanol–water partition coefficient (Wildman–Crippen LogP) is 3.73. The highest BCUT2D eigenvalue weighted by atomic mass is 35.5. The van der Waals surface area contributed by atoms with Crippen LogP contribution < -0.4 is 4.18 Å². The number of hydrogen-bond acceptors (Lipinski definition) is 5. The topological polar surface area (TPSA) is 65.3 Å². The molecule has 0 saturated heterocycles. The fourth-order valence-corrected chi connectivity index (χ4v) is 1.91. The van der Waals surface area contributed by atoms with E-state index in [1.165, 1.54) is 18.3 Å². The fourth-order valence-electron chi connectivity index (χ4n) is 1.16. The molecule has 18 heavy (non-hydrogen) atoms. The summed E-state index contributed by atoms with van der Waals surface area (Å²) < 4.78 is 5.33.